The Bertz CT molecular complexity index is 336. The minimum absolute atomic E-state index is 0.0221. The van der Waals surface area contributed by atoms with Crippen LogP contribution in [0.25, 0.3) is 0 Å². The van der Waals surface area contributed by atoms with Gasteiger partial charge >= 0.3 is 0 Å². The molecule has 1 aromatic rings. The van der Waals surface area contributed by atoms with E-state index in [9.17, 15) is 4.79 Å². The van der Waals surface area contributed by atoms with Crippen LogP contribution in [0, 0.1) is 6.92 Å². The highest BCUT2D eigenvalue weighted by atomic mass is 16.5. The predicted molar refractivity (Wildman–Crippen MR) is 61.1 cm³/mol. The molecule has 1 amide bonds. The summed E-state index contributed by atoms with van der Waals surface area (Å²) in [4.78, 5) is 13.3. The van der Waals surface area contributed by atoms with Crippen LogP contribution in [0.3, 0.4) is 0 Å². The van der Waals surface area contributed by atoms with Gasteiger partial charge in [0.05, 0.1) is 0 Å². The predicted octanol–water partition coefficient (Wildman–Crippen LogP) is 1.99. The first kappa shape index (κ1) is 11.7. The SMILES string of the molecule is CCOCC(=O)N(C)c1ccccc1C. The third-order valence-electron chi connectivity index (χ3n) is 2.28. The van der Waals surface area contributed by atoms with Crippen molar-refractivity contribution in [1.82, 2.24) is 0 Å². The zero-order chi connectivity index (χ0) is 11.3. The monoisotopic (exact) mass is 207 g/mol. The normalized spacial score (nSPS) is 10.1. The first-order valence-corrected chi connectivity index (χ1v) is 5.06. The van der Waals surface area contributed by atoms with E-state index in [1.54, 1.807) is 11.9 Å². The molecule has 0 heterocycles. The maximum atomic E-state index is 11.7. The van der Waals surface area contributed by atoms with Crippen molar-refractivity contribution < 1.29 is 9.53 Å². The molecule has 0 saturated heterocycles. The fraction of sp³-hybridized carbons (Fsp3) is 0.417. The molecule has 0 spiro atoms. The Kier molecular flexibility index (Phi) is 4.31. The Morgan fingerprint density at radius 2 is 2.07 bits per heavy atom. The number of carbonyl (C=O) groups is 1. The van der Waals surface area contributed by atoms with Gasteiger partial charge in [-0.2, -0.15) is 0 Å². The first-order chi connectivity index (χ1) is 7.16. The van der Waals surface area contributed by atoms with E-state index >= 15 is 0 Å². The molecule has 15 heavy (non-hydrogen) atoms. The van der Waals surface area contributed by atoms with E-state index in [0.29, 0.717) is 6.61 Å². The van der Waals surface area contributed by atoms with Crippen LogP contribution < -0.4 is 4.90 Å². The zero-order valence-electron chi connectivity index (χ0n) is 9.49. The standard InChI is InChI=1S/C12H17NO2/c1-4-15-9-12(14)13(3)11-8-6-5-7-10(11)2/h5-8H,4,9H2,1-3H3. The van der Waals surface area contributed by atoms with E-state index in [2.05, 4.69) is 0 Å². The van der Waals surface area contributed by atoms with E-state index in [1.165, 1.54) is 0 Å². The smallest absolute Gasteiger partial charge is 0.252 e. The van der Waals surface area contributed by atoms with E-state index in [-0.39, 0.29) is 12.5 Å². The first-order valence-electron chi connectivity index (χ1n) is 5.06. The number of anilines is 1. The molecule has 0 atom stereocenters. The lowest BCUT2D eigenvalue weighted by atomic mass is 10.2. The third-order valence-corrected chi connectivity index (χ3v) is 2.28. The van der Waals surface area contributed by atoms with Gasteiger partial charge in [-0.1, -0.05) is 18.2 Å². The van der Waals surface area contributed by atoms with Crippen LogP contribution in [-0.4, -0.2) is 26.2 Å². The number of rotatable bonds is 4. The second-order valence-electron chi connectivity index (χ2n) is 3.38. The van der Waals surface area contributed by atoms with E-state index in [1.807, 2.05) is 38.1 Å². The van der Waals surface area contributed by atoms with E-state index < -0.39 is 0 Å². The molecule has 3 nitrogen and oxygen atoms in total. The molecule has 0 aliphatic carbocycles. The van der Waals surface area contributed by atoms with Crippen molar-refractivity contribution in [2.24, 2.45) is 0 Å². The molecular formula is C12H17NO2. The Labute approximate surface area is 90.7 Å². The topological polar surface area (TPSA) is 29.5 Å². The number of hydrogen-bond donors (Lipinski definition) is 0. The van der Waals surface area contributed by atoms with Crippen LogP contribution in [0.4, 0.5) is 5.69 Å². The Morgan fingerprint density at radius 3 is 2.67 bits per heavy atom. The maximum absolute atomic E-state index is 11.7. The number of carbonyl (C=O) groups excluding carboxylic acids is 1. The number of para-hydroxylation sites is 1. The average Bonchev–Trinajstić information content (AvgIpc) is 2.25. The number of ether oxygens (including phenoxy) is 1. The number of nitrogens with zero attached hydrogens (tertiary/aromatic N) is 1. The van der Waals surface area contributed by atoms with Gasteiger partial charge in [-0.05, 0) is 25.5 Å². The summed E-state index contributed by atoms with van der Waals surface area (Å²) in [5.74, 6) is -0.0221. The molecule has 0 aliphatic rings. The van der Waals surface area contributed by atoms with Crippen LogP contribution in [0.2, 0.25) is 0 Å². The average molecular weight is 207 g/mol. The molecule has 0 aliphatic heterocycles. The fourth-order valence-corrected chi connectivity index (χ4v) is 1.36. The Balaban J connectivity index is 2.72. The zero-order valence-corrected chi connectivity index (χ0v) is 9.49. The quantitative estimate of drug-likeness (QED) is 0.755. The molecular weight excluding hydrogens is 190 g/mol. The molecule has 1 aromatic carbocycles. The van der Waals surface area contributed by atoms with Gasteiger partial charge in [0.25, 0.3) is 5.91 Å². The molecule has 3 heteroatoms. The minimum Gasteiger partial charge on any atom is -0.372 e. The second kappa shape index (κ2) is 5.51. The van der Waals surface area contributed by atoms with Crippen LogP contribution in [0.15, 0.2) is 24.3 Å². The largest absolute Gasteiger partial charge is 0.372 e. The molecule has 0 fully saturated rings. The number of likely N-dealkylation sites (N-methyl/N-ethyl adjacent to an activating group) is 1. The number of benzene rings is 1. The van der Waals surface area contributed by atoms with Gasteiger partial charge in [-0.25, -0.2) is 0 Å². The van der Waals surface area contributed by atoms with Gasteiger partial charge in [-0.3, -0.25) is 4.79 Å². The van der Waals surface area contributed by atoms with Crippen molar-refractivity contribution in [1.29, 1.82) is 0 Å². The number of aryl methyl sites for hydroxylation is 1. The molecule has 0 aromatic heterocycles. The van der Waals surface area contributed by atoms with Crippen molar-refractivity contribution in [2.45, 2.75) is 13.8 Å². The minimum atomic E-state index is -0.0221. The van der Waals surface area contributed by atoms with Crippen LogP contribution in [0.5, 0.6) is 0 Å². The van der Waals surface area contributed by atoms with Crippen molar-refractivity contribution >= 4 is 11.6 Å². The highest BCUT2D eigenvalue weighted by Gasteiger charge is 2.11. The van der Waals surface area contributed by atoms with Gasteiger partial charge in [0.2, 0.25) is 0 Å². The summed E-state index contributed by atoms with van der Waals surface area (Å²) in [6.07, 6.45) is 0. The summed E-state index contributed by atoms with van der Waals surface area (Å²) in [5.41, 5.74) is 2.02. The molecule has 82 valence electrons. The van der Waals surface area contributed by atoms with Crippen molar-refractivity contribution in [2.75, 3.05) is 25.2 Å². The van der Waals surface area contributed by atoms with Crippen molar-refractivity contribution in [3.05, 3.63) is 29.8 Å². The Hall–Kier alpha value is -1.35. The molecule has 0 saturated carbocycles. The molecule has 0 radical (unpaired) electrons. The summed E-state index contributed by atoms with van der Waals surface area (Å²) >= 11 is 0. The fourth-order valence-electron chi connectivity index (χ4n) is 1.36. The lowest BCUT2D eigenvalue weighted by Gasteiger charge is -2.19. The Morgan fingerprint density at radius 1 is 1.40 bits per heavy atom. The summed E-state index contributed by atoms with van der Waals surface area (Å²) in [7, 11) is 1.77. The summed E-state index contributed by atoms with van der Waals surface area (Å²) in [6, 6.07) is 7.80. The van der Waals surface area contributed by atoms with E-state index in [4.69, 9.17) is 4.74 Å². The molecule has 0 N–H and O–H groups in total. The van der Waals surface area contributed by atoms with Gasteiger partial charge in [0.15, 0.2) is 0 Å². The lowest BCUT2D eigenvalue weighted by Crippen LogP contribution is -2.30. The number of hydrogen-bond acceptors (Lipinski definition) is 2. The summed E-state index contributed by atoms with van der Waals surface area (Å²) in [5, 5.41) is 0. The molecule has 0 bridgehead atoms. The van der Waals surface area contributed by atoms with Gasteiger partial charge < -0.3 is 9.64 Å². The summed E-state index contributed by atoms with van der Waals surface area (Å²) in [6.45, 7) is 4.57. The maximum Gasteiger partial charge on any atom is 0.252 e. The van der Waals surface area contributed by atoms with Crippen molar-refractivity contribution in [3.63, 3.8) is 0 Å². The molecule has 1 rings (SSSR count). The van der Waals surface area contributed by atoms with Crippen LogP contribution in [-0.2, 0) is 9.53 Å². The number of amides is 1. The highest BCUT2D eigenvalue weighted by Crippen LogP contribution is 2.17. The van der Waals surface area contributed by atoms with Gasteiger partial charge in [-0.15, -0.1) is 0 Å². The van der Waals surface area contributed by atoms with E-state index in [0.717, 1.165) is 11.3 Å². The second-order valence-corrected chi connectivity index (χ2v) is 3.38. The van der Waals surface area contributed by atoms with Gasteiger partial charge in [0.1, 0.15) is 6.61 Å². The highest BCUT2D eigenvalue weighted by molar-refractivity contribution is 5.94. The van der Waals surface area contributed by atoms with Crippen LogP contribution >= 0.6 is 0 Å². The summed E-state index contributed by atoms with van der Waals surface area (Å²) < 4.78 is 5.09. The molecule has 0 unspecified atom stereocenters. The third kappa shape index (κ3) is 3.06. The lowest BCUT2D eigenvalue weighted by molar-refractivity contribution is -0.122. The van der Waals surface area contributed by atoms with Crippen LogP contribution in [0.1, 0.15) is 12.5 Å². The van der Waals surface area contributed by atoms with Crippen molar-refractivity contribution in [3.8, 4) is 0 Å². The van der Waals surface area contributed by atoms with Gasteiger partial charge in [0, 0.05) is 19.3 Å².